The summed E-state index contributed by atoms with van der Waals surface area (Å²) >= 11 is 0. The Balaban J connectivity index is 3.47. The molecule has 0 heterocycles. The quantitative estimate of drug-likeness (QED) is 0.441. The van der Waals surface area contributed by atoms with Gasteiger partial charge in [0.15, 0.2) is 0 Å². The summed E-state index contributed by atoms with van der Waals surface area (Å²) in [6.07, 6.45) is 0.947. The number of hydrogen-bond acceptors (Lipinski definition) is 4. The number of esters is 2. The molecule has 4 heteroatoms. The van der Waals surface area contributed by atoms with Crippen LogP contribution in [0.25, 0.3) is 0 Å². The van der Waals surface area contributed by atoms with Crippen LogP contribution >= 0.6 is 0 Å². The average Bonchev–Trinajstić information content (AvgIpc) is 1.88. The van der Waals surface area contributed by atoms with Crippen LogP contribution in [0.5, 0.6) is 0 Å². The van der Waals surface area contributed by atoms with Crippen molar-refractivity contribution in [2.24, 2.45) is 5.73 Å². The molecule has 0 rings (SSSR count). The molecule has 0 aromatic heterocycles. The number of carbonyl (C=O) groups is 2. The normalized spacial score (nSPS) is 9.00. The second kappa shape index (κ2) is 4.93. The molecule has 4 nitrogen and oxygen atoms in total. The number of rotatable bonds is 3. The highest BCUT2D eigenvalue weighted by Gasteiger charge is 2.05. The van der Waals surface area contributed by atoms with E-state index in [4.69, 9.17) is 5.73 Å². The van der Waals surface area contributed by atoms with Gasteiger partial charge in [-0.1, -0.05) is 6.92 Å². The van der Waals surface area contributed by atoms with Crippen molar-refractivity contribution in [2.45, 2.75) is 19.8 Å². The van der Waals surface area contributed by atoms with Gasteiger partial charge in [-0.05, 0) is 6.42 Å². The van der Waals surface area contributed by atoms with Crippen LogP contribution in [-0.2, 0) is 14.3 Å². The summed E-state index contributed by atoms with van der Waals surface area (Å²) in [4.78, 5) is 20.8. The van der Waals surface area contributed by atoms with Gasteiger partial charge in [-0.25, -0.2) is 0 Å². The first-order chi connectivity index (χ1) is 4.70. The van der Waals surface area contributed by atoms with Crippen molar-refractivity contribution in [3.63, 3.8) is 0 Å². The molecule has 0 atom stereocenters. The van der Waals surface area contributed by atoms with Gasteiger partial charge < -0.3 is 10.5 Å². The second-order valence-corrected chi connectivity index (χ2v) is 1.80. The lowest BCUT2D eigenvalue weighted by Crippen LogP contribution is -2.20. The summed E-state index contributed by atoms with van der Waals surface area (Å²) in [5.74, 6) is -1.17. The third kappa shape index (κ3) is 4.03. The molecule has 0 fully saturated rings. The first-order valence-corrected chi connectivity index (χ1v) is 3.14. The van der Waals surface area contributed by atoms with E-state index in [1.165, 1.54) is 0 Å². The maximum absolute atomic E-state index is 10.5. The lowest BCUT2D eigenvalue weighted by Gasteiger charge is -1.97. The van der Waals surface area contributed by atoms with Crippen molar-refractivity contribution >= 4 is 11.9 Å². The second-order valence-electron chi connectivity index (χ2n) is 1.80. The van der Waals surface area contributed by atoms with Crippen molar-refractivity contribution in [1.29, 1.82) is 0 Å². The lowest BCUT2D eigenvalue weighted by atomic mass is 10.3. The van der Waals surface area contributed by atoms with Crippen molar-refractivity contribution in [3.8, 4) is 0 Å². The van der Waals surface area contributed by atoms with Crippen LogP contribution in [-0.4, -0.2) is 18.5 Å². The van der Waals surface area contributed by atoms with E-state index in [0.717, 1.165) is 0 Å². The molecule has 0 aliphatic rings. The summed E-state index contributed by atoms with van der Waals surface area (Å²) < 4.78 is 4.24. The van der Waals surface area contributed by atoms with Crippen LogP contribution in [0.4, 0.5) is 0 Å². The molecule has 0 aromatic rings. The van der Waals surface area contributed by atoms with Crippen LogP contribution in [0.2, 0.25) is 0 Å². The van der Waals surface area contributed by atoms with E-state index in [1.54, 1.807) is 0 Å². The average molecular weight is 145 g/mol. The third-order valence-electron chi connectivity index (χ3n) is 0.848. The summed E-state index contributed by atoms with van der Waals surface area (Å²) in [5, 5.41) is 0. The monoisotopic (exact) mass is 145 g/mol. The van der Waals surface area contributed by atoms with Gasteiger partial charge in [-0.3, -0.25) is 9.59 Å². The summed E-state index contributed by atoms with van der Waals surface area (Å²) in [7, 11) is 0. The van der Waals surface area contributed by atoms with E-state index in [9.17, 15) is 9.59 Å². The smallest absolute Gasteiger partial charge is 0.327 e. The Bertz CT molecular complexity index is 133. The van der Waals surface area contributed by atoms with Crippen LogP contribution in [0.1, 0.15) is 19.8 Å². The van der Waals surface area contributed by atoms with Crippen molar-refractivity contribution in [1.82, 2.24) is 0 Å². The van der Waals surface area contributed by atoms with Crippen molar-refractivity contribution in [2.75, 3.05) is 6.54 Å². The van der Waals surface area contributed by atoms with E-state index >= 15 is 0 Å². The van der Waals surface area contributed by atoms with E-state index in [-0.39, 0.29) is 13.0 Å². The minimum Gasteiger partial charge on any atom is -0.392 e. The largest absolute Gasteiger partial charge is 0.392 e. The van der Waals surface area contributed by atoms with Gasteiger partial charge in [-0.15, -0.1) is 0 Å². The van der Waals surface area contributed by atoms with Gasteiger partial charge in [0.25, 0.3) is 0 Å². The van der Waals surface area contributed by atoms with Gasteiger partial charge in [0.2, 0.25) is 0 Å². The van der Waals surface area contributed by atoms with Crippen LogP contribution in [0, 0.1) is 0 Å². The molecule has 0 bridgehead atoms. The van der Waals surface area contributed by atoms with E-state index in [1.807, 2.05) is 6.92 Å². The molecule has 0 aliphatic heterocycles. The minimum atomic E-state index is -0.668. The molecule has 0 radical (unpaired) electrons. The molecule has 10 heavy (non-hydrogen) atoms. The highest BCUT2D eigenvalue weighted by Crippen LogP contribution is 1.90. The Kier molecular flexibility index (Phi) is 4.49. The molecule has 0 saturated heterocycles. The fraction of sp³-hybridized carbons (Fsp3) is 0.667. The Morgan fingerprint density at radius 3 is 2.40 bits per heavy atom. The van der Waals surface area contributed by atoms with E-state index < -0.39 is 11.9 Å². The van der Waals surface area contributed by atoms with Gasteiger partial charge in [0.05, 0.1) is 6.54 Å². The van der Waals surface area contributed by atoms with Gasteiger partial charge in [0, 0.05) is 6.42 Å². The fourth-order valence-corrected chi connectivity index (χ4v) is 0.424. The molecule has 0 aliphatic carbocycles. The lowest BCUT2D eigenvalue weighted by molar-refractivity contribution is -0.158. The zero-order valence-electron chi connectivity index (χ0n) is 5.92. The summed E-state index contributed by atoms with van der Waals surface area (Å²) in [5.41, 5.74) is 4.89. The minimum absolute atomic E-state index is 0.241. The van der Waals surface area contributed by atoms with Crippen LogP contribution in [0.15, 0.2) is 0 Å². The molecular formula is C6H11NO3. The molecule has 0 saturated carbocycles. The molecule has 0 spiro atoms. The standard InChI is InChI=1S/C6H11NO3/c1-2-3-5(8)10-6(9)4-7/h2-4,7H2,1H3. The maximum Gasteiger partial charge on any atom is 0.327 e. The molecule has 2 N–H and O–H groups in total. The number of hydrogen-bond donors (Lipinski definition) is 1. The van der Waals surface area contributed by atoms with E-state index in [0.29, 0.717) is 6.42 Å². The Labute approximate surface area is 59.3 Å². The Morgan fingerprint density at radius 1 is 1.40 bits per heavy atom. The van der Waals surface area contributed by atoms with Crippen molar-refractivity contribution < 1.29 is 14.3 Å². The van der Waals surface area contributed by atoms with Gasteiger partial charge in [-0.2, -0.15) is 0 Å². The molecule has 0 amide bonds. The van der Waals surface area contributed by atoms with Crippen LogP contribution < -0.4 is 5.73 Å². The maximum atomic E-state index is 10.5. The summed E-state index contributed by atoms with van der Waals surface area (Å²) in [6.45, 7) is 1.59. The molecule has 0 aromatic carbocycles. The highest BCUT2D eigenvalue weighted by atomic mass is 16.6. The number of nitrogens with two attached hydrogens (primary N) is 1. The SMILES string of the molecule is CCCC(=O)OC(=O)CN. The summed E-state index contributed by atoms with van der Waals surface area (Å²) in [6, 6.07) is 0. The highest BCUT2D eigenvalue weighted by molar-refractivity contribution is 5.86. The van der Waals surface area contributed by atoms with Gasteiger partial charge in [0.1, 0.15) is 0 Å². The Hall–Kier alpha value is -0.900. The Morgan fingerprint density at radius 2 is 2.00 bits per heavy atom. The number of carbonyl (C=O) groups excluding carboxylic acids is 2. The predicted octanol–water partition coefficient (Wildman–Crippen LogP) is -0.185. The first-order valence-electron chi connectivity index (χ1n) is 3.14. The van der Waals surface area contributed by atoms with Crippen LogP contribution in [0.3, 0.4) is 0 Å². The number of ether oxygens (including phenoxy) is 1. The van der Waals surface area contributed by atoms with Crippen molar-refractivity contribution in [3.05, 3.63) is 0 Å². The molecular weight excluding hydrogens is 134 g/mol. The zero-order chi connectivity index (χ0) is 7.98. The zero-order valence-corrected chi connectivity index (χ0v) is 5.92. The van der Waals surface area contributed by atoms with E-state index in [2.05, 4.69) is 4.74 Å². The molecule has 58 valence electrons. The first kappa shape index (κ1) is 9.10. The third-order valence-corrected chi connectivity index (χ3v) is 0.848. The predicted molar refractivity (Wildman–Crippen MR) is 35.1 cm³/mol. The molecule has 0 unspecified atom stereocenters. The topological polar surface area (TPSA) is 69.4 Å². The van der Waals surface area contributed by atoms with Gasteiger partial charge >= 0.3 is 11.9 Å². The fourth-order valence-electron chi connectivity index (χ4n) is 0.424.